The first-order valence-corrected chi connectivity index (χ1v) is 4.68. The molecule has 2 N–H and O–H groups in total. The van der Waals surface area contributed by atoms with Gasteiger partial charge in [0.1, 0.15) is 0 Å². The van der Waals surface area contributed by atoms with Gasteiger partial charge in [-0.05, 0) is 19.3 Å². The molecule has 1 rings (SSSR count). The molecule has 3 heteroatoms. The first kappa shape index (κ1) is 9.96. The average Bonchev–Trinajstić information content (AvgIpc) is 1.96. The lowest BCUT2D eigenvalue weighted by atomic mass is 9.97. The molecule has 1 saturated heterocycles. The van der Waals surface area contributed by atoms with Gasteiger partial charge in [-0.1, -0.05) is 6.92 Å². The summed E-state index contributed by atoms with van der Waals surface area (Å²) in [7, 11) is 0. The van der Waals surface area contributed by atoms with Crippen molar-refractivity contribution in [1.29, 1.82) is 0 Å². The molecule has 0 aliphatic carbocycles. The molecular formula is C9H19NO2. The van der Waals surface area contributed by atoms with Crippen LogP contribution in [0, 0.1) is 5.92 Å². The number of aliphatic hydroxyl groups excluding tert-OH is 2. The van der Waals surface area contributed by atoms with Gasteiger partial charge in [0, 0.05) is 19.6 Å². The van der Waals surface area contributed by atoms with Gasteiger partial charge in [0.05, 0.1) is 12.2 Å². The first-order valence-electron chi connectivity index (χ1n) is 4.68. The molecule has 3 nitrogen and oxygen atoms in total. The van der Waals surface area contributed by atoms with E-state index in [1.807, 2.05) is 0 Å². The second-order valence-electron chi connectivity index (χ2n) is 3.94. The summed E-state index contributed by atoms with van der Waals surface area (Å²) in [5.41, 5.74) is 0. The minimum absolute atomic E-state index is 0.143. The fraction of sp³-hybridized carbons (Fsp3) is 1.00. The largest absolute Gasteiger partial charge is 0.393 e. The van der Waals surface area contributed by atoms with Gasteiger partial charge in [-0.3, -0.25) is 0 Å². The fourth-order valence-corrected chi connectivity index (χ4v) is 1.76. The van der Waals surface area contributed by atoms with Crippen molar-refractivity contribution in [3.05, 3.63) is 0 Å². The van der Waals surface area contributed by atoms with E-state index in [0.29, 0.717) is 5.92 Å². The van der Waals surface area contributed by atoms with Crippen molar-refractivity contribution in [3.63, 3.8) is 0 Å². The maximum Gasteiger partial charge on any atom is 0.0639 e. The van der Waals surface area contributed by atoms with Crippen LogP contribution in [0.5, 0.6) is 0 Å². The van der Waals surface area contributed by atoms with Gasteiger partial charge in [-0.25, -0.2) is 0 Å². The van der Waals surface area contributed by atoms with Crippen LogP contribution in [0.25, 0.3) is 0 Å². The van der Waals surface area contributed by atoms with Crippen LogP contribution in [-0.2, 0) is 0 Å². The molecule has 0 radical (unpaired) electrons. The molecule has 12 heavy (non-hydrogen) atoms. The maximum absolute atomic E-state index is 9.44. The average molecular weight is 173 g/mol. The van der Waals surface area contributed by atoms with Crippen LogP contribution < -0.4 is 0 Å². The number of hydrogen-bond donors (Lipinski definition) is 2. The summed E-state index contributed by atoms with van der Waals surface area (Å²) < 4.78 is 0. The maximum atomic E-state index is 9.44. The molecule has 0 bridgehead atoms. The van der Waals surface area contributed by atoms with E-state index in [1.54, 1.807) is 6.92 Å². The van der Waals surface area contributed by atoms with Crippen LogP contribution in [0.1, 0.15) is 20.3 Å². The highest BCUT2D eigenvalue weighted by molar-refractivity contribution is 4.77. The number of piperidine rings is 1. The number of nitrogens with zero attached hydrogens (tertiary/aromatic N) is 1. The van der Waals surface area contributed by atoms with Gasteiger partial charge in [0.15, 0.2) is 0 Å². The first-order chi connectivity index (χ1) is 5.59. The van der Waals surface area contributed by atoms with Crippen LogP contribution in [0.2, 0.25) is 0 Å². The highest BCUT2D eigenvalue weighted by Crippen LogP contribution is 2.16. The van der Waals surface area contributed by atoms with E-state index in [9.17, 15) is 5.11 Å². The van der Waals surface area contributed by atoms with Crippen molar-refractivity contribution >= 4 is 0 Å². The Balaban J connectivity index is 2.30. The summed E-state index contributed by atoms with van der Waals surface area (Å²) in [4.78, 5) is 2.21. The molecule has 1 aliphatic rings. The number of hydrogen-bond acceptors (Lipinski definition) is 3. The molecule has 1 aliphatic heterocycles. The topological polar surface area (TPSA) is 43.7 Å². The molecule has 3 unspecified atom stereocenters. The molecule has 0 spiro atoms. The second-order valence-corrected chi connectivity index (χ2v) is 3.94. The van der Waals surface area contributed by atoms with E-state index in [4.69, 9.17) is 5.11 Å². The van der Waals surface area contributed by atoms with E-state index >= 15 is 0 Å². The second kappa shape index (κ2) is 4.21. The van der Waals surface area contributed by atoms with Gasteiger partial charge >= 0.3 is 0 Å². The van der Waals surface area contributed by atoms with Crippen LogP contribution >= 0.6 is 0 Å². The van der Waals surface area contributed by atoms with Crippen LogP contribution in [0.3, 0.4) is 0 Å². The third kappa shape index (κ3) is 2.73. The summed E-state index contributed by atoms with van der Waals surface area (Å²) in [6, 6.07) is 0. The summed E-state index contributed by atoms with van der Waals surface area (Å²) >= 11 is 0. The SMILES string of the molecule is CC(O)CN1CCC(O)C(C)C1. The van der Waals surface area contributed by atoms with Gasteiger partial charge in [0.2, 0.25) is 0 Å². The van der Waals surface area contributed by atoms with Crippen LogP contribution in [-0.4, -0.2) is 47.0 Å². The normalized spacial score (nSPS) is 35.0. The smallest absolute Gasteiger partial charge is 0.0639 e. The lowest BCUT2D eigenvalue weighted by Gasteiger charge is -2.34. The van der Waals surface area contributed by atoms with Crippen molar-refractivity contribution in [2.24, 2.45) is 5.92 Å². The van der Waals surface area contributed by atoms with E-state index in [2.05, 4.69) is 11.8 Å². The summed E-state index contributed by atoms with van der Waals surface area (Å²) in [6.07, 6.45) is 0.441. The Labute approximate surface area is 74.0 Å². The van der Waals surface area contributed by atoms with Crippen molar-refractivity contribution in [1.82, 2.24) is 4.90 Å². The molecule has 3 atom stereocenters. The Kier molecular flexibility index (Phi) is 3.50. The Morgan fingerprint density at radius 1 is 1.58 bits per heavy atom. The Morgan fingerprint density at radius 2 is 2.25 bits per heavy atom. The lowest BCUT2D eigenvalue weighted by Crippen LogP contribution is -2.44. The highest BCUT2D eigenvalue weighted by Gasteiger charge is 2.24. The van der Waals surface area contributed by atoms with E-state index < -0.39 is 0 Å². The van der Waals surface area contributed by atoms with Gasteiger partial charge in [0.25, 0.3) is 0 Å². The molecule has 1 heterocycles. The standard InChI is InChI=1S/C9H19NO2/c1-7-5-10(6-8(2)11)4-3-9(7)12/h7-9,11-12H,3-6H2,1-2H3. The number of β-amino-alcohol motifs (C(OH)–C–C–N with tert-alkyl or cyclic N) is 1. The monoisotopic (exact) mass is 173 g/mol. The van der Waals surface area contributed by atoms with Gasteiger partial charge < -0.3 is 15.1 Å². The predicted octanol–water partition coefficient (Wildman–Crippen LogP) is 0.0699. The zero-order valence-corrected chi connectivity index (χ0v) is 7.90. The van der Waals surface area contributed by atoms with Crippen molar-refractivity contribution < 1.29 is 10.2 Å². The molecular weight excluding hydrogens is 154 g/mol. The van der Waals surface area contributed by atoms with E-state index in [-0.39, 0.29) is 12.2 Å². The number of likely N-dealkylation sites (tertiary alicyclic amines) is 1. The van der Waals surface area contributed by atoms with E-state index in [0.717, 1.165) is 26.1 Å². The molecule has 0 aromatic heterocycles. The summed E-state index contributed by atoms with van der Waals surface area (Å²) in [5, 5.41) is 18.6. The molecule has 72 valence electrons. The minimum atomic E-state index is -0.257. The third-order valence-corrected chi connectivity index (χ3v) is 2.47. The van der Waals surface area contributed by atoms with Crippen molar-refractivity contribution in [2.75, 3.05) is 19.6 Å². The van der Waals surface area contributed by atoms with Gasteiger partial charge in [-0.15, -0.1) is 0 Å². The minimum Gasteiger partial charge on any atom is -0.393 e. The molecule has 0 saturated carbocycles. The lowest BCUT2D eigenvalue weighted by molar-refractivity contribution is 0.0180. The van der Waals surface area contributed by atoms with Crippen LogP contribution in [0.4, 0.5) is 0 Å². The Morgan fingerprint density at radius 3 is 2.75 bits per heavy atom. The zero-order chi connectivity index (χ0) is 9.14. The predicted molar refractivity (Wildman–Crippen MR) is 47.9 cm³/mol. The summed E-state index contributed by atoms with van der Waals surface area (Å²) in [5.74, 6) is 0.345. The molecule has 0 aromatic carbocycles. The van der Waals surface area contributed by atoms with Gasteiger partial charge in [-0.2, -0.15) is 0 Å². The zero-order valence-electron chi connectivity index (χ0n) is 7.90. The van der Waals surface area contributed by atoms with Crippen molar-refractivity contribution in [3.8, 4) is 0 Å². The molecule has 0 amide bonds. The summed E-state index contributed by atoms with van der Waals surface area (Å²) in [6.45, 7) is 6.41. The third-order valence-electron chi connectivity index (χ3n) is 2.47. The number of rotatable bonds is 2. The highest BCUT2D eigenvalue weighted by atomic mass is 16.3. The number of aliphatic hydroxyl groups is 2. The quantitative estimate of drug-likeness (QED) is 0.621. The Hall–Kier alpha value is -0.120. The molecule has 0 aromatic rings. The van der Waals surface area contributed by atoms with Crippen molar-refractivity contribution in [2.45, 2.75) is 32.5 Å². The van der Waals surface area contributed by atoms with Crippen LogP contribution in [0.15, 0.2) is 0 Å². The Bertz CT molecular complexity index is 138. The fourth-order valence-electron chi connectivity index (χ4n) is 1.76. The molecule has 1 fully saturated rings. The van der Waals surface area contributed by atoms with E-state index in [1.165, 1.54) is 0 Å².